The normalized spacial score (nSPS) is 14.5. The molecule has 9 heteroatoms. The number of urea groups is 1. The number of carbonyl (C=O) groups is 3. The Balaban J connectivity index is 1.30. The van der Waals surface area contributed by atoms with Gasteiger partial charge in [0.05, 0.1) is 5.69 Å². The highest BCUT2D eigenvalue weighted by Gasteiger charge is 2.35. The van der Waals surface area contributed by atoms with Gasteiger partial charge in [-0.1, -0.05) is 30.3 Å². The van der Waals surface area contributed by atoms with Gasteiger partial charge in [0, 0.05) is 23.6 Å². The summed E-state index contributed by atoms with van der Waals surface area (Å²) in [5.74, 6) is -2.28. The van der Waals surface area contributed by atoms with Crippen molar-refractivity contribution < 1.29 is 23.2 Å². The predicted octanol–water partition coefficient (Wildman–Crippen LogP) is 4.50. The van der Waals surface area contributed by atoms with Crippen LogP contribution in [0.15, 0.2) is 84.7 Å². The molecule has 1 fully saturated rings. The molecule has 1 aliphatic rings. The van der Waals surface area contributed by atoms with Gasteiger partial charge in [0.1, 0.15) is 23.9 Å². The Hall–Kier alpha value is -4.79. The zero-order valence-corrected chi connectivity index (χ0v) is 18.9. The fraction of sp³-hybridized carbons (Fsp3) is 0.0741. The molecule has 1 aliphatic heterocycles. The van der Waals surface area contributed by atoms with Crippen LogP contribution in [0.4, 0.5) is 19.3 Å². The molecule has 0 unspecified atom stereocenters. The summed E-state index contributed by atoms with van der Waals surface area (Å²) < 4.78 is 29.3. The van der Waals surface area contributed by atoms with Crippen molar-refractivity contribution in [2.75, 3.05) is 11.9 Å². The van der Waals surface area contributed by atoms with E-state index < -0.39 is 30.2 Å². The Kier molecular flexibility index (Phi) is 6.03. The quantitative estimate of drug-likeness (QED) is 0.311. The number of fused-ring (bicyclic) bond motifs is 1. The van der Waals surface area contributed by atoms with E-state index in [0.29, 0.717) is 12.1 Å². The van der Waals surface area contributed by atoms with E-state index in [4.69, 9.17) is 0 Å². The van der Waals surface area contributed by atoms with Crippen molar-refractivity contribution in [1.29, 1.82) is 0 Å². The Morgan fingerprint density at radius 1 is 0.972 bits per heavy atom. The molecule has 4 aromatic rings. The standard InChI is InChI=1S/C27H20F2N4O3/c28-20-5-3-4-18(13-20)15-32-11-10-19-12-17(8-9-24(19)32)14-23-26(35)33(27(36)31-23)16-25(34)30-22-7-2-1-6-21(22)29/h1-14H,15-16H2,(H,30,34)(H,31,36)/b23-14+. The average molecular weight is 486 g/mol. The molecule has 36 heavy (non-hydrogen) atoms. The van der Waals surface area contributed by atoms with E-state index in [1.54, 1.807) is 18.2 Å². The highest BCUT2D eigenvalue weighted by molar-refractivity contribution is 6.16. The van der Waals surface area contributed by atoms with Gasteiger partial charge in [-0.3, -0.25) is 9.59 Å². The second-order valence-electron chi connectivity index (χ2n) is 8.30. The second-order valence-corrected chi connectivity index (χ2v) is 8.30. The fourth-order valence-electron chi connectivity index (χ4n) is 4.06. The highest BCUT2D eigenvalue weighted by Crippen LogP contribution is 2.22. The van der Waals surface area contributed by atoms with Crippen molar-refractivity contribution in [1.82, 2.24) is 14.8 Å². The molecule has 0 bridgehead atoms. The van der Waals surface area contributed by atoms with Gasteiger partial charge in [0.2, 0.25) is 5.91 Å². The first-order valence-electron chi connectivity index (χ1n) is 11.1. The molecule has 0 spiro atoms. The van der Waals surface area contributed by atoms with Gasteiger partial charge in [0.25, 0.3) is 5.91 Å². The van der Waals surface area contributed by atoms with E-state index in [2.05, 4.69) is 10.6 Å². The molecule has 3 aromatic carbocycles. The molecule has 5 rings (SSSR count). The number of para-hydroxylation sites is 1. The molecule has 1 aromatic heterocycles. The first kappa shape index (κ1) is 23.0. The fourth-order valence-corrected chi connectivity index (χ4v) is 4.06. The summed E-state index contributed by atoms with van der Waals surface area (Å²) in [6.45, 7) is -0.0571. The maximum Gasteiger partial charge on any atom is 0.329 e. The number of imide groups is 1. The number of anilines is 1. The van der Waals surface area contributed by atoms with Crippen LogP contribution in [0.25, 0.3) is 17.0 Å². The van der Waals surface area contributed by atoms with Crippen LogP contribution >= 0.6 is 0 Å². The number of rotatable bonds is 6. The van der Waals surface area contributed by atoms with Gasteiger partial charge in [-0.05, 0) is 59.7 Å². The summed E-state index contributed by atoms with van der Waals surface area (Å²) >= 11 is 0. The molecule has 2 N–H and O–H groups in total. The molecule has 0 radical (unpaired) electrons. The first-order chi connectivity index (χ1) is 17.4. The third kappa shape index (κ3) is 4.72. The Morgan fingerprint density at radius 2 is 1.81 bits per heavy atom. The van der Waals surface area contributed by atoms with Crippen molar-refractivity contribution in [3.63, 3.8) is 0 Å². The Morgan fingerprint density at radius 3 is 2.61 bits per heavy atom. The smallest absolute Gasteiger partial charge is 0.329 e. The second kappa shape index (κ2) is 9.46. The summed E-state index contributed by atoms with van der Waals surface area (Å²) in [5, 5.41) is 5.73. The van der Waals surface area contributed by atoms with Crippen LogP contribution in [0, 0.1) is 11.6 Å². The minimum atomic E-state index is -0.739. The van der Waals surface area contributed by atoms with Crippen molar-refractivity contribution in [3.05, 3.63) is 107 Å². The maximum absolute atomic E-state index is 13.8. The number of aromatic nitrogens is 1. The Bertz CT molecular complexity index is 1540. The molecular weight excluding hydrogens is 466 g/mol. The largest absolute Gasteiger partial charge is 0.343 e. The zero-order valence-electron chi connectivity index (χ0n) is 18.9. The molecule has 4 amide bonds. The SMILES string of the molecule is O=C(CN1C(=O)N/C(=C/c2ccc3c(ccn3Cc3cccc(F)c3)c2)C1=O)Nc1ccccc1F. The average Bonchev–Trinajstić information content (AvgIpc) is 3.36. The third-order valence-corrected chi connectivity index (χ3v) is 5.76. The predicted molar refractivity (Wildman–Crippen MR) is 131 cm³/mol. The number of amides is 4. The molecule has 0 aliphatic carbocycles. The number of benzene rings is 3. The van der Waals surface area contributed by atoms with Crippen molar-refractivity contribution in [2.24, 2.45) is 0 Å². The number of hydrogen-bond acceptors (Lipinski definition) is 3. The first-order valence-corrected chi connectivity index (χ1v) is 11.1. The summed E-state index contributed by atoms with van der Waals surface area (Å²) in [6.07, 6.45) is 3.42. The minimum absolute atomic E-state index is 0.0252. The van der Waals surface area contributed by atoms with Gasteiger partial charge >= 0.3 is 6.03 Å². The molecule has 0 saturated carbocycles. The van der Waals surface area contributed by atoms with Crippen molar-refractivity contribution in [2.45, 2.75) is 6.54 Å². The van der Waals surface area contributed by atoms with Gasteiger partial charge in [-0.15, -0.1) is 0 Å². The molecule has 2 heterocycles. The number of hydrogen-bond donors (Lipinski definition) is 2. The molecule has 180 valence electrons. The Labute approximate surface area is 204 Å². The van der Waals surface area contributed by atoms with Gasteiger partial charge in [-0.25, -0.2) is 18.5 Å². The van der Waals surface area contributed by atoms with Crippen LogP contribution < -0.4 is 10.6 Å². The van der Waals surface area contributed by atoms with Crippen LogP contribution in [0.2, 0.25) is 0 Å². The van der Waals surface area contributed by atoms with Crippen LogP contribution in [0.3, 0.4) is 0 Å². The van der Waals surface area contributed by atoms with E-state index >= 15 is 0 Å². The lowest BCUT2D eigenvalue weighted by Crippen LogP contribution is -2.38. The molecule has 7 nitrogen and oxygen atoms in total. The van der Waals surface area contributed by atoms with Crippen molar-refractivity contribution in [3.8, 4) is 0 Å². The van der Waals surface area contributed by atoms with Crippen LogP contribution in [0.5, 0.6) is 0 Å². The maximum atomic E-state index is 13.8. The van der Waals surface area contributed by atoms with Gasteiger partial charge < -0.3 is 15.2 Å². The lowest BCUT2D eigenvalue weighted by Gasteiger charge is -2.12. The van der Waals surface area contributed by atoms with E-state index in [0.717, 1.165) is 21.4 Å². The topological polar surface area (TPSA) is 83.4 Å². The van der Waals surface area contributed by atoms with E-state index in [9.17, 15) is 23.2 Å². The summed E-state index contributed by atoms with van der Waals surface area (Å²) in [7, 11) is 0. The third-order valence-electron chi connectivity index (χ3n) is 5.76. The number of nitrogens with one attached hydrogen (secondary N) is 2. The van der Waals surface area contributed by atoms with Crippen LogP contribution in [-0.2, 0) is 16.1 Å². The minimum Gasteiger partial charge on any atom is -0.343 e. The number of nitrogens with zero attached hydrogens (tertiary/aromatic N) is 2. The van der Waals surface area contributed by atoms with Gasteiger partial charge in [-0.2, -0.15) is 0 Å². The summed E-state index contributed by atoms with van der Waals surface area (Å²) in [5.41, 5.74) is 2.42. The summed E-state index contributed by atoms with van der Waals surface area (Å²) in [4.78, 5) is 38.1. The van der Waals surface area contributed by atoms with Crippen LogP contribution in [-0.4, -0.2) is 33.9 Å². The zero-order chi connectivity index (χ0) is 25.2. The van der Waals surface area contributed by atoms with Crippen LogP contribution in [0.1, 0.15) is 11.1 Å². The van der Waals surface area contributed by atoms with E-state index in [1.807, 2.05) is 35.0 Å². The monoisotopic (exact) mass is 486 g/mol. The van der Waals surface area contributed by atoms with E-state index in [-0.39, 0.29) is 17.2 Å². The molecular formula is C27H20F2N4O3. The number of halogens is 2. The van der Waals surface area contributed by atoms with Gasteiger partial charge in [0.15, 0.2) is 0 Å². The summed E-state index contributed by atoms with van der Waals surface area (Å²) in [6, 6.07) is 18.7. The van der Waals surface area contributed by atoms with Crippen molar-refractivity contribution >= 4 is 40.5 Å². The number of carbonyl (C=O) groups excluding carboxylic acids is 3. The van der Waals surface area contributed by atoms with E-state index in [1.165, 1.54) is 36.4 Å². The molecule has 1 saturated heterocycles. The molecule has 0 atom stereocenters. The lowest BCUT2D eigenvalue weighted by atomic mass is 10.1. The lowest BCUT2D eigenvalue weighted by molar-refractivity contribution is -0.127. The highest BCUT2D eigenvalue weighted by atomic mass is 19.1.